The lowest BCUT2D eigenvalue weighted by Crippen LogP contribution is -2.71. The quantitative estimate of drug-likeness (QED) is 0.0681. The topological polar surface area (TPSA) is 254 Å². The third kappa shape index (κ3) is 5.04. The molecule has 7 N–H and O–H groups in total. The predicted molar refractivity (Wildman–Crippen MR) is 125 cm³/mol. The zero-order valence-corrected chi connectivity index (χ0v) is 20.2. The molecule has 2 aromatic rings. The third-order valence-electron chi connectivity index (χ3n) is 4.70. The zero-order valence-electron chi connectivity index (χ0n) is 17.8. The lowest BCUT2D eigenvalue weighted by Gasteiger charge is -2.49. The number of carbonyl (C=O) groups excluding carboxylic acids is 2. The number of aromatic nitrogens is 5. The molecule has 36 heavy (non-hydrogen) atoms. The number of fused-ring (bicyclic) bond motifs is 1. The SMILES string of the molecule is Nc1nc(C(=NOCC(=O)O)C(=O)N[C@@H]2C(=O)N3C(C(=O)O)=C(CSc4nnnn4N)CS[C@@H]23)cs1. The zero-order chi connectivity index (χ0) is 26.0. The molecule has 0 bridgehead atoms. The summed E-state index contributed by atoms with van der Waals surface area (Å²) in [6, 6.07) is -1.07. The molecule has 2 aromatic heterocycles. The van der Waals surface area contributed by atoms with Crippen molar-refractivity contribution in [1.29, 1.82) is 0 Å². The summed E-state index contributed by atoms with van der Waals surface area (Å²) in [6.45, 7) is -0.810. The van der Waals surface area contributed by atoms with Gasteiger partial charge in [-0.05, 0) is 16.0 Å². The van der Waals surface area contributed by atoms with Crippen LogP contribution in [0.1, 0.15) is 5.69 Å². The summed E-state index contributed by atoms with van der Waals surface area (Å²) in [7, 11) is 0. The molecule has 1 saturated heterocycles. The van der Waals surface area contributed by atoms with E-state index in [1.807, 2.05) is 0 Å². The maximum absolute atomic E-state index is 12.9. The summed E-state index contributed by atoms with van der Waals surface area (Å²) >= 11 is 3.38. The Kier molecular flexibility index (Phi) is 7.26. The van der Waals surface area contributed by atoms with Crippen LogP contribution in [-0.4, -0.2) is 99.4 Å². The third-order valence-corrected chi connectivity index (χ3v) is 7.73. The smallest absolute Gasteiger partial charge is 0.352 e. The number of anilines is 1. The molecule has 2 amide bonds. The minimum Gasteiger partial charge on any atom is -0.479 e. The van der Waals surface area contributed by atoms with Crippen LogP contribution in [0.5, 0.6) is 0 Å². The van der Waals surface area contributed by atoms with Crippen molar-refractivity contribution in [3.8, 4) is 0 Å². The number of amides is 2. The van der Waals surface area contributed by atoms with Gasteiger partial charge in [-0.2, -0.15) is 0 Å². The van der Waals surface area contributed by atoms with Crippen molar-refractivity contribution in [3.63, 3.8) is 0 Å². The Bertz CT molecular complexity index is 1290. The average molecular weight is 557 g/mol. The summed E-state index contributed by atoms with van der Waals surface area (Å²) in [5, 5.41) is 36.3. The second-order valence-electron chi connectivity index (χ2n) is 6.99. The van der Waals surface area contributed by atoms with E-state index in [9.17, 15) is 24.3 Å². The van der Waals surface area contributed by atoms with E-state index in [1.165, 1.54) is 17.1 Å². The molecular weight excluding hydrogens is 540 g/mol. The molecule has 0 aromatic carbocycles. The monoisotopic (exact) mass is 556 g/mol. The fourth-order valence-corrected chi connectivity index (χ4v) is 6.02. The normalized spacial score (nSPS) is 19.5. The number of oxime groups is 1. The van der Waals surface area contributed by atoms with Crippen LogP contribution >= 0.6 is 34.9 Å². The van der Waals surface area contributed by atoms with Crippen LogP contribution in [-0.2, 0) is 24.0 Å². The average Bonchev–Trinajstić information content (AvgIpc) is 3.45. The number of hydrogen-bond acceptors (Lipinski definition) is 15. The number of carbonyl (C=O) groups is 4. The molecular formula is C16H16N10O7S3. The van der Waals surface area contributed by atoms with Gasteiger partial charge in [0.2, 0.25) is 11.8 Å². The van der Waals surface area contributed by atoms with Crippen molar-refractivity contribution >= 4 is 69.5 Å². The van der Waals surface area contributed by atoms with Crippen LogP contribution in [0.15, 0.2) is 27.0 Å². The first kappa shape index (κ1) is 25.2. The van der Waals surface area contributed by atoms with Crippen molar-refractivity contribution in [3.05, 3.63) is 22.3 Å². The van der Waals surface area contributed by atoms with Gasteiger partial charge in [-0.15, -0.1) is 27.9 Å². The van der Waals surface area contributed by atoms with Crippen LogP contribution in [0.25, 0.3) is 0 Å². The van der Waals surface area contributed by atoms with Crippen molar-refractivity contribution in [1.82, 2.24) is 35.5 Å². The maximum atomic E-state index is 12.9. The summed E-state index contributed by atoms with van der Waals surface area (Å²) in [6.07, 6.45) is 0. The molecule has 20 heteroatoms. The second kappa shape index (κ2) is 10.4. The molecule has 2 aliphatic heterocycles. The number of thioether (sulfide) groups is 2. The number of hydrogen-bond donors (Lipinski definition) is 5. The number of aliphatic carboxylic acids is 2. The van der Waals surface area contributed by atoms with Gasteiger partial charge in [0, 0.05) is 16.9 Å². The lowest BCUT2D eigenvalue weighted by molar-refractivity contribution is -0.150. The van der Waals surface area contributed by atoms with Crippen molar-refractivity contribution in [2.75, 3.05) is 29.7 Å². The van der Waals surface area contributed by atoms with Gasteiger partial charge in [0.15, 0.2) is 10.8 Å². The Labute approximate surface area is 212 Å². The largest absolute Gasteiger partial charge is 0.479 e. The molecule has 0 saturated carbocycles. The van der Waals surface area contributed by atoms with E-state index in [0.717, 1.165) is 32.8 Å². The Balaban J connectivity index is 1.49. The minimum atomic E-state index is -1.32. The van der Waals surface area contributed by atoms with E-state index in [-0.39, 0.29) is 38.9 Å². The highest BCUT2D eigenvalue weighted by Gasteiger charge is 2.54. The van der Waals surface area contributed by atoms with Gasteiger partial charge in [0.25, 0.3) is 11.8 Å². The van der Waals surface area contributed by atoms with Crippen LogP contribution < -0.4 is 16.9 Å². The number of tetrazole rings is 1. The predicted octanol–water partition coefficient (Wildman–Crippen LogP) is -2.24. The van der Waals surface area contributed by atoms with Gasteiger partial charge < -0.3 is 31.9 Å². The second-order valence-corrected chi connectivity index (χ2v) is 9.93. The minimum absolute atomic E-state index is 0.0213. The van der Waals surface area contributed by atoms with Crippen LogP contribution in [0.2, 0.25) is 0 Å². The number of nitrogens with two attached hydrogens (primary N) is 2. The first-order chi connectivity index (χ1) is 17.2. The molecule has 2 atom stereocenters. The lowest BCUT2D eigenvalue weighted by atomic mass is 10.0. The molecule has 0 radical (unpaired) electrons. The van der Waals surface area contributed by atoms with Crippen LogP contribution in [0.3, 0.4) is 0 Å². The van der Waals surface area contributed by atoms with Gasteiger partial charge in [0.05, 0.1) is 0 Å². The molecule has 0 spiro atoms. The van der Waals surface area contributed by atoms with E-state index < -0.39 is 41.8 Å². The van der Waals surface area contributed by atoms with Gasteiger partial charge in [-0.25, -0.2) is 14.6 Å². The van der Waals surface area contributed by atoms with Crippen molar-refractivity contribution < 1.29 is 34.2 Å². The maximum Gasteiger partial charge on any atom is 0.352 e. The summed E-state index contributed by atoms with van der Waals surface area (Å²) < 4.78 is 0. The van der Waals surface area contributed by atoms with Crippen LogP contribution in [0, 0.1) is 0 Å². The van der Waals surface area contributed by atoms with Gasteiger partial charge >= 0.3 is 11.9 Å². The fraction of sp³-hybridized carbons (Fsp3) is 0.312. The summed E-state index contributed by atoms with van der Waals surface area (Å²) in [5.41, 5.74) is 5.50. The molecule has 0 unspecified atom stereocenters. The van der Waals surface area contributed by atoms with Crippen molar-refractivity contribution in [2.45, 2.75) is 16.6 Å². The Morgan fingerprint density at radius 2 is 2.14 bits per heavy atom. The first-order valence-electron chi connectivity index (χ1n) is 9.67. The number of thiazole rings is 1. The van der Waals surface area contributed by atoms with Crippen LogP contribution in [0.4, 0.5) is 5.13 Å². The molecule has 1 fully saturated rings. The van der Waals surface area contributed by atoms with Gasteiger partial charge in [-0.3, -0.25) is 14.5 Å². The number of carboxylic acids is 2. The molecule has 190 valence electrons. The molecule has 2 aliphatic rings. The Morgan fingerprint density at radius 3 is 2.75 bits per heavy atom. The van der Waals surface area contributed by atoms with Gasteiger partial charge in [-0.1, -0.05) is 22.0 Å². The van der Waals surface area contributed by atoms with E-state index in [0.29, 0.717) is 5.57 Å². The van der Waals surface area contributed by atoms with E-state index in [1.54, 1.807) is 0 Å². The number of nitrogens with one attached hydrogen (secondary N) is 1. The summed E-state index contributed by atoms with van der Waals surface area (Å²) in [4.78, 5) is 59.2. The number of nitrogen functional groups attached to an aromatic ring is 2. The van der Waals surface area contributed by atoms with Crippen molar-refractivity contribution in [2.24, 2.45) is 5.16 Å². The highest BCUT2D eigenvalue weighted by molar-refractivity contribution is 8.01. The summed E-state index contributed by atoms with van der Waals surface area (Å²) in [5.74, 6) is 1.86. The van der Waals surface area contributed by atoms with E-state index in [4.69, 9.17) is 16.7 Å². The molecule has 4 heterocycles. The molecule has 0 aliphatic carbocycles. The highest BCUT2D eigenvalue weighted by Crippen LogP contribution is 2.41. The number of rotatable bonds is 10. The number of carboxylic acid groups (broad SMARTS) is 2. The van der Waals surface area contributed by atoms with E-state index in [2.05, 4.69) is 35.8 Å². The van der Waals surface area contributed by atoms with Gasteiger partial charge in [0.1, 0.15) is 22.8 Å². The first-order valence-corrected chi connectivity index (χ1v) is 12.6. The number of β-lactam (4-membered cyclic amide) rings is 1. The number of nitrogens with zero attached hydrogens (tertiary/aromatic N) is 7. The fourth-order valence-electron chi connectivity index (χ4n) is 3.19. The standard InChI is InChI=1S/C16H16N10O7S3/c17-15-19-6(4-35-15)8(22-33-1-7(27)28)11(29)20-9-12(30)25-10(14(31)32)5(2-34-13(9)25)3-36-16-21-23-24-26(16)18/h4,9,13H,1-3,18H2,(H2,17,19)(H,20,29)(H,27,28)(H,31,32)/t9-,13+/m1/s1. The van der Waals surface area contributed by atoms with E-state index >= 15 is 0 Å². The Hall–Kier alpha value is -3.91. The molecule has 4 rings (SSSR count). The Morgan fingerprint density at radius 1 is 1.36 bits per heavy atom. The molecule has 17 nitrogen and oxygen atoms in total. The highest BCUT2D eigenvalue weighted by atomic mass is 32.2.